The molecule has 1 N–H and O–H groups in total. The van der Waals surface area contributed by atoms with Gasteiger partial charge in [-0.25, -0.2) is 0 Å². The Morgan fingerprint density at radius 1 is 1.00 bits per heavy atom. The van der Waals surface area contributed by atoms with Gasteiger partial charge in [0.05, 0.1) is 23.4 Å². The van der Waals surface area contributed by atoms with E-state index >= 15 is 0 Å². The lowest BCUT2D eigenvalue weighted by atomic mass is 10.2. The third-order valence-electron chi connectivity index (χ3n) is 4.20. The monoisotopic (exact) mass is 574 g/mol. The van der Waals surface area contributed by atoms with Crippen molar-refractivity contribution in [1.82, 2.24) is 5.43 Å². The lowest BCUT2D eigenvalue weighted by Gasteiger charge is -2.14. The van der Waals surface area contributed by atoms with Crippen LogP contribution in [0.3, 0.4) is 0 Å². The summed E-state index contributed by atoms with van der Waals surface area (Å²) in [6, 6.07) is 16.8. The molecule has 0 fully saturated rings. The average molecular weight is 576 g/mol. The number of nitrogens with zero attached hydrogens (tertiary/aromatic N) is 1. The molecule has 8 heteroatoms. The highest BCUT2D eigenvalue weighted by atomic mass is 127. The first-order chi connectivity index (χ1) is 14.5. The molecule has 3 aromatic rings. The molecule has 0 aliphatic carbocycles. The highest BCUT2D eigenvalue weighted by Crippen LogP contribution is 2.34. The van der Waals surface area contributed by atoms with Gasteiger partial charge in [0.25, 0.3) is 0 Å². The molecule has 0 aromatic heterocycles. The minimum Gasteiger partial charge on any atom is -0.493 e. The molecular weight excluding hydrogens is 558 g/mol. The molecule has 0 spiro atoms. The van der Waals surface area contributed by atoms with E-state index < -0.39 is 0 Å². The third kappa shape index (κ3) is 5.94. The smallest absolute Gasteiger partial charge is 0.174 e. The molecule has 0 aliphatic heterocycles. The van der Waals surface area contributed by atoms with Crippen molar-refractivity contribution in [3.05, 3.63) is 89.9 Å². The van der Waals surface area contributed by atoms with Gasteiger partial charge in [0.1, 0.15) is 6.61 Å². The number of halogens is 4. The lowest BCUT2D eigenvalue weighted by Crippen LogP contribution is -2.07. The first kappa shape index (κ1) is 23.0. The number of methoxy groups -OCH3 is 1. The van der Waals surface area contributed by atoms with Crippen LogP contribution in [0.5, 0.6) is 11.5 Å². The normalized spacial score (nSPS) is 11.0. The van der Waals surface area contributed by atoms with E-state index in [1.807, 2.05) is 36.4 Å². The Kier molecular flexibility index (Phi) is 8.50. The van der Waals surface area contributed by atoms with Crippen LogP contribution >= 0.6 is 57.4 Å². The Balaban J connectivity index is 1.68. The van der Waals surface area contributed by atoms with Crippen LogP contribution in [0.4, 0.5) is 0 Å². The summed E-state index contributed by atoms with van der Waals surface area (Å²) in [5.74, 6) is 1.27. The van der Waals surface area contributed by atoms with Crippen molar-refractivity contribution >= 4 is 63.6 Å². The first-order valence-electron chi connectivity index (χ1n) is 8.92. The van der Waals surface area contributed by atoms with Gasteiger partial charge in [-0.1, -0.05) is 59.1 Å². The summed E-state index contributed by atoms with van der Waals surface area (Å²) >= 11 is 20.8. The van der Waals surface area contributed by atoms with E-state index in [2.05, 4.69) is 33.1 Å². The van der Waals surface area contributed by atoms with E-state index in [1.54, 1.807) is 31.5 Å². The summed E-state index contributed by atoms with van der Waals surface area (Å²) in [5.41, 5.74) is 5.53. The van der Waals surface area contributed by atoms with Crippen LogP contribution in [0.25, 0.3) is 0 Å². The zero-order valence-corrected chi connectivity index (χ0v) is 20.4. The van der Waals surface area contributed by atoms with Crippen LogP contribution in [0.2, 0.25) is 15.1 Å². The van der Waals surface area contributed by atoms with Crippen molar-refractivity contribution < 1.29 is 9.47 Å². The fourth-order valence-electron chi connectivity index (χ4n) is 2.67. The maximum absolute atomic E-state index is 6.21. The molecule has 0 amide bonds. The molecule has 0 heterocycles. The zero-order valence-electron chi connectivity index (χ0n) is 16.0. The predicted molar refractivity (Wildman–Crippen MR) is 132 cm³/mol. The van der Waals surface area contributed by atoms with Gasteiger partial charge >= 0.3 is 0 Å². The molecule has 3 aromatic carbocycles. The Morgan fingerprint density at radius 2 is 1.70 bits per heavy atom. The molecule has 0 unspecified atom stereocenters. The topological polar surface area (TPSA) is 42.8 Å². The van der Waals surface area contributed by atoms with Crippen molar-refractivity contribution in [3.63, 3.8) is 0 Å². The second kappa shape index (κ2) is 11.1. The third-order valence-corrected chi connectivity index (χ3v) is 6.08. The molecule has 30 heavy (non-hydrogen) atoms. The largest absolute Gasteiger partial charge is 0.493 e. The van der Waals surface area contributed by atoms with Crippen LogP contribution in [0.1, 0.15) is 16.7 Å². The quantitative estimate of drug-likeness (QED) is 0.179. The van der Waals surface area contributed by atoms with E-state index in [1.165, 1.54) is 0 Å². The van der Waals surface area contributed by atoms with Crippen molar-refractivity contribution in [2.45, 2.75) is 13.2 Å². The van der Waals surface area contributed by atoms with Crippen LogP contribution in [-0.4, -0.2) is 13.3 Å². The van der Waals surface area contributed by atoms with Gasteiger partial charge in [-0.3, -0.25) is 0 Å². The summed E-state index contributed by atoms with van der Waals surface area (Å²) in [6.07, 6.45) is 1.70. The number of rotatable bonds is 8. The van der Waals surface area contributed by atoms with Crippen molar-refractivity contribution in [1.29, 1.82) is 0 Å². The summed E-state index contributed by atoms with van der Waals surface area (Å²) < 4.78 is 12.4. The standard InChI is InChI=1S/C22H18Cl3IN2O2/c1-29-21-10-14(11-27-28-12-16-18(24)7-4-8-19(16)25)9-20(26)22(21)30-13-15-5-2-3-6-17(15)23/h2-11,28H,12-13H2,1H3/b27-11+. The van der Waals surface area contributed by atoms with Crippen LogP contribution in [0, 0.1) is 3.57 Å². The van der Waals surface area contributed by atoms with Crippen LogP contribution in [-0.2, 0) is 13.2 Å². The Labute approximate surface area is 204 Å². The predicted octanol–water partition coefficient (Wildman–Crippen LogP) is 6.96. The number of benzene rings is 3. The highest BCUT2D eigenvalue weighted by Gasteiger charge is 2.12. The first-order valence-corrected chi connectivity index (χ1v) is 11.1. The van der Waals surface area contributed by atoms with E-state index in [4.69, 9.17) is 44.3 Å². The van der Waals surface area contributed by atoms with Gasteiger partial charge in [0.2, 0.25) is 0 Å². The van der Waals surface area contributed by atoms with E-state index in [9.17, 15) is 0 Å². The zero-order chi connectivity index (χ0) is 21.5. The van der Waals surface area contributed by atoms with Crippen LogP contribution < -0.4 is 14.9 Å². The number of hydrazone groups is 1. The molecule has 0 radical (unpaired) electrons. The van der Waals surface area contributed by atoms with Gasteiger partial charge in [-0.15, -0.1) is 0 Å². The number of nitrogens with one attached hydrogen (secondary N) is 1. The molecule has 0 atom stereocenters. The lowest BCUT2D eigenvalue weighted by molar-refractivity contribution is 0.282. The minimum atomic E-state index is 0.347. The molecule has 4 nitrogen and oxygen atoms in total. The highest BCUT2D eigenvalue weighted by molar-refractivity contribution is 14.1. The summed E-state index contributed by atoms with van der Waals surface area (Å²) in [4.78, 5) is 0. The maximum Gasteiger partial charge on any atom is 0.174 e. The van der Waals surface area contributed by atoms with E-state index in [-0.39, 0.29) is 0 Å². The summed E-state index contributed by atoms with van der Waals surface area (Å²) in [6.45, 7) is 0.766. The summed E-state index contributed by atoms with van der Waals surface area (Å²) in [5, 5.41) is 6.12. The molecule has 156 valence electrons. The Hall–Kier alpha value is -1.67. The second-order valence-corrected chi connectivity index (χ2v) is 8.59. The average Bonchev–Trinajstić information content (AvgIpc) is 2.73. The SMILES string of the molecule is COc1cc(/C=N/NCc2c(Cl)cccc2Cl)cc(I)c1OCc1ccccc1Cl. The molecule has 0 bridgehead atoms. The number of hydrogen-bond donors (Lipinski definition) is 1. The van der Waals surface area contributed by atoms with Gasteiger partial charge in [-0.05, 0) is 58.5 Å². The maximum atomic E-state index is 6.21. The summed E-state index contributed by atoms with van der Waals surface area (Å²) in [7, 11) is 1.60. The van der Waals surface area contributed by atoms with Gasteiger partial charge < -0.3 is 14.9 Å². The van der Waals surface area contributed by atoms with Gasteiger partial charge in [0, 0.05) is 26.2 Å². The number of ether oxygens (including phenoxy) is 2. The van der Waals surface area contributed by atoms with Gasteiger partial charge in [0.15, 0.2) is 11.5 Å². The molecule has 3 rings (SSSR count). The number of hydrogen-bond acceptors (Lipinski definition) is 4. The van der Waals surface area contributed by atoms with Crippen molar-refractivity contribution in [2.75, 3.05) is 7.11 Å². The van der Waals surface area contributed by atoms with Crippen molar-refractivity contribution in [2.24, 2.45) is 5.10 Å². The van der Waals surface area contributed by atoms with Crippen LogP contribution in [0.15, 0.2) is 59.7 Å². The molecule has 0 saturated heterocycles. The van der Waals surface area contributed by atoms with E-state index in [0.29, 0.717) is 39.7 Å². The molecular formula is C22H18Cl3IN2O2. The van der Waals surface area contributed by atoms with Crippen molar-refractivity contribution in [3.8, 4) is 11.5 Å². The fourth-order valence-corrected chi connectivity index (χ4v) is 4.17. The van der Waals surface area contributed by atoms with Gasteiger partial charge in [-0.2, -0.15) is 5.10 Å². The Morgan fingerprint density at radius 3 is 2.40 bits per heavy atom. The fraction of sp³-hybridized carbons (Fsp3) is 0.136. The second-order valence-electron chi connectivity index (χ2n) is 6.21. The molecule has 0 aliphatic rings. The van der Waals surface area contributed by atoms with E-state index in [0.717, 1.165) is 20.3 Å². The minimum absolute atomic E-state index is 0.347. The molecule has 0 saturated carbocycles. The Bertz CT molecular complexity index is 1040.